The second-order valence-electron chi connectivity index (χ2n) is 2.14. The van der Waals surface area contributed by atoms with Crippen LogP contribution in [0.15, 0.2) is 10.7 Å². The van der Waals surface area contributed by atoms with Crippen molar-refractivity contribution in [2.24, 2.45) is 0 Å². The number of pyridine rings is 1. The normalized spacial score (nSPS) is 10.5. The number of aldehydes is 1. The van der Waals surface area contributed by atoms with Crippen LogP contribution >= 0.6 is 27.5 Å². The molecule has 0 aliphatic heterocycles. The standard InChI is InChI=1S/C7H3BrClF2NO/c8-3-1-12-4(2-13)6(9)5(3)7(10)11/h1-2,7H. The Hall–Kier alpha value is -0.550. The molecule has 0 N–H and O–H groups in total. The molecule has 0 saturated heterocycles. The van der Waals surface area contributed by atoms with Crippen LogP contribution in [0.2, 0.25) is 5.02 Å². The van der Waals surface area contributed by atoms with Gasteiger partial charge in [-0.3, -0.25) is 9.78 Å². The summed E-state index contributed by atoms with van der Waals surface area (Å²) in [6.07, 6.45) is -1.28. The monoisotopic (exact) mass is 269 g/mol. The molecule has 0 aliphatic rings. The quantitative estimate of drug-likeness (QED) is 0.772. The summed E-state index contributed by atoms with van der Waals surface area (Å²) in [5, 5.41) is -0.306. The van der Waals surface area contributed by atoms with E-state index >= 15 is 0 Å². The largest absolute Gasteiger partial charge is 0.296 e. The van der Waals surface area contributed by atoms with Gasteiger partial charge in [0.2, 0.25) is 0 Å². The van der Waals surface area contributed by atoms with Crippen molar-refractivity contribution in [2.45, 2.75) is 6.43 Å². The molecular formula is C7H3BrClF2NO. The number of carbonyl (C=O) groups is 1. The van der Waals surface area contributed by atoms with Gasteiger partial charge in [-0.25, -0.2) is 8.78 Å². The molecule has 1 heterocycles. The number of hydrogen-bond acceptors (Lipinski definition) is 2. The van der Waals surface area contributed by atoms with Gasteiger partial charge < -0.3 is 0 Å². The fourth-order valence-electron chi connectivity index (χ4n) is 0.777. The molecule has 0 fully saturated rings. The van der Waals surface area contributed by atoms with Crippen LogP contribution in [0.4, 0.5) is 8.78 Å². The lowest BCUT2D eigenvalue weighted by atomic mass is 10.2. The fraction of sp³-hybridized carbons (Fsp3) is 0.143. The van der Waals surface area contributed by atoms with Crippen molar-refractivity contribution in [3.63, 3.8) is 0 Å². The zero-order valence-electron chi connectivity index (χ0n) is 6.10. The summed E-state index contributed by atoms with van der Waals surface area (Å²) in [5.74, 6) is 0. The van der Waals surface area contributed by atoms with Gasteiger partial charge in [0.15, 0.2) is 6.29 Å². The van der Waals surface area contributed by atoms with Crippen molar-refractivity contribution in [2.75, 3.05) is 0 Å². The molecule has 0 amide bonds. The first-order valence-electron chi connectivity index (χ1n) is 3.15. The summed E-state index contributed by atoms with van der Waals surface area (Å²) < 4.78 is 24.8. The smallest absolute Gasteiger partial charge is 0.266 e. The molecule has 0 unspecified atom stereocenters. The van der Waals surface area contributed by atoms with Crippen molar-refractivity contribution >= 4 is 33.8 Å². The van der Waals surface area contributed by atoms with Gasteiger partial charge in [-0.2, -0.15) is 0 Å². The molecule has 0 aromatic carbocycles. The number of aromatic nitrogens is 1. The maximum atomic E-state index is 12.3. The molecule has 0 spiro atoms. The van der Waals surface area contributed by atoms with Gasteiger partial charge in [0, 0.05) is 10.7 Å². The maximum Gasteiger partial charge on any atom is 0.266 e. The zero-order valence-corrected chi connectivity index (χ0v) is 8.44. The van der Waals surface area contributed by atoms with Gasteiger partial charge in [0.25, 0.3) is 6.43 Å². The molecule has 0 atom stereocenters. The van der Waals surface area contributed by atoms with E-state index in [0.717, 1.165) is 6.20 Å². The second-order valence-corrected chi connectivity index (χ2v) is 3.37. The predicted octanol–water partition coefficient (Wildman–Crippen LogP) is 3.25. The van der Waals surface area contributed by atoms with Crippen LogP contribution in [-0.4, -0.2) is 11.3 Å². The Labute approximate surface area is 86.0 Å². The van der Waals surface area contributed by atoms with E-state index < -0.39 is 12.0 Å². The number of halogens is 4. The molecule has 1 rings (SSSR count). The van der Waals surface area contributed by atoms with Gasteiger partial charge in [-0.15, -0.1) is 0 Å². The number of rotatable bonds is 2. The highest BCUT2D eigenvalue weighted by Crippen LogP contribution is 2.34. The maximum absolute atomic E-state index is 12.3. The van der Waals surface area contributed by atoms with Crippen molar-refractivity contribution < 1.29 is 13.6 Å². The van der Waals surface area contributed by atoms with Crippen molar-refractivity contribution in [3.05, 3.63) is 26.9 Å². The van der Waals surface area contributed by atoms with Crippen LogP contribution in [0.3, 0.4) is 0 Å². The highest BCUT2D eigenvalue weighted by molar-refractivity contribution is 9.10. The minimum absolute atomic E-state index is 0.0955. The van der Waals surface area contributed by atoms with Crippen LogP contribution in [0, 0.1) is 0 Å². The van der Waals surface area contributed by atoms with Crippen LogP contribution in [-0.2, 0) is 0 Å². The average molecular weight is 270 g/mol. The Balaban J connectivity index is 3.38. The van der Waals surface area contributed by atoms with E-state index in [0.29, 0.717) is 6.29 Å². The van der Waals surface area contributed by atoms with Gasteiger partial charge in [0.1, 0.15) is 5.69 Å². The summed E-state index contributed by atoms with van der Waals surface area (Å²) in [4.78, 5) is 13.9. The van der Waals surface area contributed by atoms with Crippen molar-refractivity contribution in [1.82, 2.24) is 4.98 Å². The molecule has 1 aromatic rings. The molecular weight excluding hydrogens is 267 g/mol. The predicted molar refractivity (Wildman–Crippen MR) is 47.3 cm³/mol. The van der Waals surface area contributed by atoms with Crippen molar-refractivity contribution in [1.29, 1.82) is 0 Å². The summed E-state index contributed by atoms with van der Waals surface area (Å²) in [6.45, 7) is 0. The third kappa shape index (κ3) is 2.03. The summed E-state index contributed by atoms with van der Waals surface area (Å²) >= 11 is 8.37. The molecule has 1 aromatic heterocycles. The minimum Gasteiger partial charge on any atom is -0.296 e. The summed E-state index contributed by atoms with van der Waals surface area (Å²) in [6, 6.07) is 0. The highest BCUT2D eigenvalue weighted by atomic mass is 79.9. The van der Waals surface area contributed by atoms with E-state index in [1.165, 1.54) is 0 Å². The molecule has 2 nitrogen and oxygen atoms in total. The summed E-state index contributed by atoms with van der Waals surface area (Å²) in [7, 11) is 0. The Morgan fingerprint density at radius 2 is 2.23 bits per heavy atom. The third-order valence-electron chi connectivity index (χ3n) is 1.37. The lowest BCUT2D eigenvalue weighted by Crippen LogP contribution is -1.96. The first kappa shape index (κ1) is 10.5. The van der Waals surface area contributed by atoms with E-state index in [1.54, 1.807) is 0 Å². The van der Waals surface area contributed by atoms with Crippen LogP contribution in [0.5, 0.6) is 0 Å². The molecule has 70 valence electrons. The Morgan fingerprint density at radius 1 is 1.62 bits per heavy atom. The average Bonchev–Trinajstić information content (AvgIpc) is 2.04. The molecule has 0 radical (unpaired) electrons. The van der Waals surface area contributed by atoms with Crippen LogP contribution in [0.1, 0.15) is 22.5 Å². The van der Waals surface area contributed by atoms with E-state index in [2.05, 4.69) is 20.9 Å². The van der Waals surface area contributed by atoms with Gasteiger partial charge >= 0.3 is 0 Å². The molecule has 0 saturated carbocycles. The first-order chi connectivity index (χ1) is 6.07. The number of hydrogen-bond donors (Lipinski definition) is 0. The molecule has 6 heteroatoms. The summed E-state index contributed by atoms with van der Waals surface area (Å²) in [5.41, 5.74) is -0.584. The Bertz CT molecular complexity index is 346. The number of nitrogens with zero attached hydrogens (tertiary/aromatic N) is 1. The first-order valence-corrected chi connectivity index (χ1v) is 4.32. The lowest BCUT2D eigenvalue weighted by Gasteiger charge is -2.06. The Kier molecular flexibility index (Phi) is 3.33. The van der Waals surface area contributed by atoms with Gasteiger partial charge in [0.05, 0.1) is 10.6 Å². The van der Waals surface area contributed by atoms with Gasteiger partial charge in [-0.05, 0) is 15.9 Å². The number of carbonyl (C=O) groups excluding carboxylic acids is 1. The fourth-order valence-corrected chi connectivity index (χ4v) is 1.64. The van der Waals surface area contributed by atoms with Crippen LogP contribution < -0.4 is 0 Å². The molecule has 0 aliphatic carbocycles. The van der Waals surface area contributed by atoms with E-state index in [-0.39, 0.29) is 15.2 Å². The van der Waals surface area contributed by atoms with Crippen LogP contribution in [0.25, 0.3) is 0 Å². The second kappa shape index (κ2) is 4.11. The molecule has 13 heavy (non-hydrogen) atoms. The highest BCUT2D eigenvalue weighted by Gasteiger charge is 2.19. The number of alkyl halides is 2. The zero-order chi connectivity index (χ0) is 10.0. The van der Waals surface area contributed by atoms with Crippen molar-refractivity contribution in [3.8, 4) is 0 Å². The molecule has 0 bridgehead atoms. The van der Waals surface area contributed by atoms with Gasteiger partial charge in [-0.1, -0.05) is 11.6 Å². The van der Waals surface area contributed by atoms with E-state index in [9.17, 15) is 13.6 Å². The third-order valence-corrected chi connectivity index (χ3v) is 2.39. The SMILES string of the molecule is O=Cc1ncc(Br)c(C(F)F)c1Cl. The minimum atomic E-state index is -2.73. The van der Waals surface area contributed by atoms with E-state index in [4.69, 9.17) is 11.6 Å². The Morgan fingerprint density at radius 3 is 2.69 bits per heavy atom. The van der Waals surface area contributed by atoms with E-state index in [1.807, 2.05) is 0 Å². The lowest BCUT2D eigenvalue weighted by molar-refractivity contribution is 0.111. The topological polar surface area (TPSA) is 30.0 Å².